The molecule has 1 saturated heterocycles. The van der Waals surface area contributed by atoms with Crippen molar-refractivity contribution in [2.75, 3.05) is 13.2 Å². The zero-order valence-corrected chi connectivity index (χ0v) is 20.9. The van der Waals surface area contributed by atoms with Crippen molar-refractivity contribution < 1.29 is 35.9 Å². The first kappa shape index (κ1) is 29.4. The minimum atomic E-state index is -4.96. The Kier molecular flexibility index (Phi) is 8.78. The summed E-state index contributed by atoms with van der Waals surface area (Å²) in [6.07, 6.45) is -6.56. The molecule has 38 heavy (non-hydrogen) atoms. The van der Waals surface area contributed by atoms with Gasteiger partial charge in [-0.05, 0) is 49.1 Å². The van der Waals surface area contributed by atoms with E-state index in [0.29, 0.717) is 31.4 Å². The van der Waals surface area contributed by atoms with E-state index < -0.39 is 40.7 Å². The number of amides is 1. The van der Waals surface area contributed by atoms with Gasteiger partial charge in [0.1, 0.15) is 0 Å². The molecule has 206 valence electrons. The van der Waals surface area contributed by atoms with Crippen molar-refractivity contribution in [2.45, 2.75) is 55.7 Å². The Morgan fingerprint density at radius 2 is 1.63 bits per heavy atom. The molecule has 1 heterocycles. The molecule has 10 heteroatoms. The number of benzene rings is 2. The molecule has 2 unspecified atom stereocenters. The Morgan fingerprint density at radius 1 is 1.03 bits per heavy atom. The Bertz CT molecular complexity index is 1120. The first-order chi connectivity index (χ1) is 17.7. The summed E-state index contributed by atoms with van der Waals surface area (Å²) in [4.78, 5) is 11.9. The fourth-order valence-electron chi connectivity index (χ4n) is 4.49. The second kappa shape index (κ2) is 11.3. The number of ether oxygens (including phenoxy) is 1. The Hall–Kier alpha value is -3.11. The molecular weight excluding hydrogens is 510 g/mol. The summed E-state index contributed by atoms with van der Waals surface area (Å²) >= 11 is 0. The third-order valence-electron chi connectivity index (χ3n) is 6.80. The van der Waals surface area contributed by atoms with Crippen LogP contribution in [0.5, 0.6) is 0 Å². The van der Waals surface area contributed by atoms with Crippen LogP contribution in [-0.2, 0) is 27.4 Å². The van der Waals surface area contributed by atoms with Crippen LogP contribution in [0.15, 0.2) is 73.8 Å². The van der Waals surface area contributed by atoms with Crippen LogP contribution < -0.4 is 10.6 Å². The van der Waals surface area contributed by atoms with Crippen LogP contribution in [0.1, 0.15) is 54.5 Å². The van der Waals surface area contributed by atoms with Gasteiger partial charge in [-0.3, -0.25) is 4.79 Å². The van der Waals surface area contributed by atoms with Crippen LogP contribution in [0.2, 0.25) is 0 Å². The van der Waals surface area contributed by atoms with Crippen LogP contribution >= 0.6 is 0 Å². The number of hydrogen-bond acceptors (Lipinski definition) is 3. The summed E-state index contributed by atoms with van der Waals surface area (Å²) in [6, 6.07) is 10.5. The Labute approximate surface area is 217 Å². The van der Waals surface area contributed by atoms with E-state index in [-0.39, 0.29) is 30.7 Å². The normalized spacial score (nSPS) is 20.4. The van der Waals surface area contributed by atoms with Crippen LogP contribution in [-0.4, -0.2) is 24.6 Å². The number of hydrogen-bond donors (Lipinski definition) is 2. The number of rotatable bonds is 11. The third kappa shape index (κ3) is 6.85. The van der Waals surface area contributed by atoms with Gasteiger partial charge in [0.2, 0.25) is 5.91 Å². The van der Waals surface area contributed by atoms with E-state index >= 15 is 0 Å². The van der Waals surface area contributed by atoms with Gasteiger partial charge in [-0.1, -0.05) is 42.5 Å². The molecule has 3 rings (SSSR count). The summed E-state index contributed by atoms with van der Waals surface area (Å²) in [5.74, 6) is -0.115. The van der Waals surface area contributed by atoms with Gasteiger partial charge in [-0.25, -0.2) is 0 Å². The molecular formula is C28H30F6N2O2. The van der Waals surface area contributed by atoms with Crippen molar-refractivity contribution >= 4 is 5.91 Å². The van der Waals surface area contributed by atoms with Crippen LogP contribution in [0.25, 0.3) is 0 Å². The highest BCUT2D eigenvalue weighted by Crippen LogP contribution is 2.38. The summed E-state index contributed by atoms with van der Waals surface area (Å²) in [7, 11) is 0. The minimum absolute atomic E-state index is 0.0916. The fraction of sp³-hybridized carbons (Fsp3) is 0.393. The molecule has 0 aromatic heterocycles. The average molecular weight is 541 g/mol. The Balaban J connectivity index is 1.94. The summed E-state index contributed by atoms with van der Waals surface area (Å²) in [5.41, 5.74) is -3.95. The van der Waals surface area contributed by atoms with Gasteiger partial charge >= 0.3 is 12.4 Å². The first-order valence-corrected chi connectivity index (χ1v) is 12.0. The zero-order chi connectivity index (χ0) is 28.2. The van der Waals surface area contributed by atoms with Gasteiger partial charge in [0, 0.05) is 13.0 Å². The number of carbonyl (C=O) groups excluding carboxylic acids is 1. The van der Waals surface area contributed by atoms with E-state index in [1.165, 1.54) is 6.92 Å². The largest absolute Gasteiger partial charge is 0.416 e. The summed E-state index contributed by atoms with van der Waals surface area (Å²) < 4.78 is 86.2. The molecule has 4 nitrogen and oxygen atoms in total. The monoisotopic (exact) mass is 540 g/mol. The lowest BCUT2D eigenvalue weighted by atomic mass is 9.85. The van der Waals surface area contributed by atoms with E-state index in [1.807, 2.05) is 18.2 Å². The third-order valence-corrected chi connectivity index (χ3v) is 6.80. The maximum atomic E-state index is 13.4. The molecule has 1 amide bonds. The SMILES string of the molecule is C=CCC(COC(C)c1cc(C(F)(F)F)cc(C(F)(F)F)c1)(NC[C@]1(C=C)CCC(=O)N1)c1ccccc1. The highest BCUT2D eigenvalue weighted by molar-refractivity contribution is 5.80. The van der Waals surface area contributed by atoms with Gasteiger partial charge in [-0.15, -0.1) is 13.2 Å². The fourth-order valence-corrected chi connectivity index (χ4v) is 4.49. The number of halogens is 6. The predicted molar refractivity (Wildman–Crippen MR) is 132 cm³/mol. The van der Waals surface area contributed by atoms with E-state index in [2.05, 4.69) is 23.8 Å². The highest BCUT2D eigenvalue weighted by Gasteiger charge is 2.40. The van der Waals surface area contributed by atoms with Gasteiger partial charge < -0.3 is 15.4 Å². The van der Waals surface area contributed by atoms with Gasteiger partial charge in [-0.2, -0.15) is 26.3 Å². The molecule has 1 aliphatic rings. The smallest absolute Gasteiger partial charge is 0.372 e. The molecule has 2 aromatic rings. The molecule has 0 radical (unpaired) electrons. The van der Waals surface area contributed by atoms with E-state index in [4.69, 9.17) is 4.74 Å². The van der Waals surface area contributed by atoms with E-state index in [9.17, 15) is 31.1 Å². The zero-order valence-electron chi connectivity index (χ0n) is 20.9. The van der Waals surface area contributed by atoms with Crippen molar-refractivity contribution in [1.82, 2.24) is 10.6 Å². The standard InChI is InChI=1S/C28H30F6N2O2/c1-4-12-26(21-9-7-6-8-10-21,35-17-25(5-2)13-11-24(37)36-25)18-38-19(3)20-14-22(27(29,30)31)16-23(15-20)28(32,33)34/h4-10,14-16,19,35H,1-2,11-13,17-18H2,3H3,(H,36,37)/t19?,25-,26?/m0/s1. The van der Waals surface area contributed by atoms with Crippen LogP contribution in [0.4, 0.5) is 26.3 Å². The molecule has 0 spiro atoms. The van der Waals surface area contributed by atoms with Crippen molar-refractivity contribution in [1.29, 1.82) is 0 Å². The lowest BCUT2D eigenvalue weighted by molar-refractivity contribution is -0.143. The average Bonchev–Trinajstić information content (AvgIpc) is 3.26. The minimum Gasteiger partial charge on any atom is -0.372 e. The number of nitrogens with one attached hydrogen (secondary N) is 2. The summed E-state index contributed by atoms with van der Waals surface area (Å²) in [5, 5.41) is 6.36. The lowest BCUT2D eigenvalue weighted by Crippen LogP contribution is -2.55. The van der Waals surface area contributed by atoms with Crippen LogP contribution in [0, 0.1) is 0 Å². The van der Waals surface area contributed by atoms with Gasteiger partial charge in [0.15, 0.2) is 0 Å². The Morgan fingerprint density at radius 3 is 2.11 bits per heavy atom. The van der Waals surface area contributed by atoms with Crippen molar-refractivity contribution in [3.8, 4) is 0 Å². The van der Waals surface area contributed by atoms with Crippen molar-refractivity contribution in [3.05, 3.63) is 96.1 Å². The highest BCUT2D eigenvalue weighted by atomic mass is 19.4. The molecule has 0 saturated carbocycles. The lowest BCUT2D eigenvalue weighted by Gasteiger charge is -2.39. The topological polar surface area (TPSA) is 50.4 Å². The molecule has 1 fully saturated rings. The maximum Gasteiger partial charge on any atom is 0.416 e. The quantitative estimate of drug-likeness (QED) is 0.246. The second-order valence-corrected chi connectivity index (χ2v) is 9.50. The van der Waals surface area contributed by atoms with Crippen molar-refractivity contribution in [3.63, 3.8) is 0 Å². The first-order valence-electron chi connectivity index (χ1n) is 12.0. The second-order valence-electron chi connectivity index (χ2n) is 9.50. The molecule has 3 atom stereocenters. The van der Waals surface area contributed by atoms with Gasteiger partial charge in [0.05, 0.1) is 34.9 Å². The van der Waals surface area contributed by atoms with Crippen LogP contribution in [0.3, 0.4) is 0 Å². The molecule has 1 aliphatic heterocycles. The van der Waals surface area contributed by atoms with Crippen molar-refractivity contribution in [2.24, 2.45) is 0 Å². The molecule has 2 aromatic carbocycles. The molecule has 0 bridgehead atoms. The van der Waals surface area contributed by atoms with E-state index in [0.717, 1.165) is 5.56 Å². The number of carbonyl (C=O) groups is 1. The van der Waals surface area contributed by atoms with Gasteiger partial charge in [0.25, 0.3) is 0 Å². The summed E-state index contributed by atoms with van der Waals surface area (Å²) in [6.45, 7) is 9.24. The number of alkyl halides is 6. The molecule has 2 N–H and O–H groups in total. The predicted octanol–water partition coefficient (Wildman–Crippen LogP) is 6.70. The molecule has 0 aliphatic carbocycles. The maximum absolute atomic E-state index is 13.4. The van der Waals surface area contributed by atoms with E-state index in [1.54, 1.807) is 24.3 Å².